The summed E-state index contributed by atoms with van der Waals surface area (Å²) in [6.45, 7) is 68.2. The number of hydrogen-bond donors (Lipinski definition) is 0. The first-order valence-electron chi connectivity index (χ1n) is 49.8. The molecule has 0 aliphatic heterocycles. The van der Waals surface area contributed by atoms with Crippen LogP contribution in [0.1, 0.15) is 302 Å². The molecular formula is C100H210N16O26. The molecule has 2 aliphatic rings. The Morgan fingerprint density at radius 2 is 0.641 bits per heavy atom. The highest BCUT2D eigenvalue weighted by atomic mass is 16.7. The highest BCUT2D eigenvalue weighted by Crippen LogP contribution is 2.51. The first-order chi connectivity index (χ1) is 66.4. The number of ether oxygens (including phenoxy) is 12. The summed E-state index contributed by atoms with van der Waals surface area (Å²) in [6, 6.07) is 0.0532. The summed E-state index contributed by atoms with van der Waals surface area (Å²) in [5.41, 5.74) is 3.65. The van der Waals surface area contributed by atoms with E-state index in [2.05, 4.69) is 107 Å². The van der Waals surface area contributed by atoms with Gasteiger partial charge in [0, 0.05) is 222 Å². The smallest absolute Gasteiger partial charge is 0.469 e. The lowest BCUT2D eigenvalue weighted by molar-refractivity contribution is -0.143. The summed E-state index contributed by atoms with van der Waals surface area (Å²) in [4.78, 5) is 162. The molecular weight excluding hydrogens is 1840 g/mol. The van der Waals surface area contributed by atoms with E-state index in [-0.39, 0.29) is 71.9 Å². The molecule has 2 fully saturated rings. The van der Waals surface area contributed by atoms with Gasteiger partial charge in [-0.2, -0.15) is 0 Å². The van der Waals surface area contributed by atoms with Crippen molar-refractivity contribution in [3.8, 4) is 0 Å². The number of nitrogens with zero attached hydrogens (tertiary/aromatic N) is 16. The van der Waals surface area contributed by atoms with Crippen LogP contribution in [0.15, 0.2) is 12.4 Å². The second kappa shape index (κ2) is 119. The van der Waals surface area contributed by atoms with Gasteiger partial charge in [-0.1, -0.05) is 113 Å². The second-order valence-corrected chi connectivity index (χ2v) is 30.4. The fourth-order valence-electron chi connectivity index (χ4n) is 7.40. The lowest BCUT2D eigenvalue weighted by Gasteiger charge is -2.19. The van der Waals surface area contributed by atoms with Gasteiger partial charge in [0.1, 0.15) is 0 Å². The van der Waals surface area contributed by atoms with Crippen molar-refractivity contribution >= 4 is 84.3 Å². The summed E-state index contributed by atoms with van der Waals surface area (Å²) < 4.78 is 57.4. The van der Waals surface area contributed by atoms with Crippen LogP contribution in [-0.2, 0) is 110 Å². The molecule has 2 aromatic heterocycles. The van der Waals surface area contributed by atoms with Crippen molar-refractivity contribution < 1.29 is 124 Å². The van der Waals surface area contributed by atoms with Gasteiger partial charge in [-0.3, -0.25) is 42.9 Å². The van der Waals surface area contributed by atoms with Crippen LogP contribution in [-0.4, -0.2) is 389 Å². The Hall–Kier alpha value is -10.6. The summed E-state index contributed by atoms with van der Waals surface area (Å²) >= 11 is 0. The van der Waals surface area contributed by atoms with Gasteiger partial charge in [0.2, 0.25) is 23.6 Å². The van der Waals surface area contributed by atoms with Crippen LogP contribution >= 0.6 is 0 Å². The topological polar surface area (TPSA) is 444 Å². The standard InChI is InChI=1S/C7H14.C6H14N2O.2C6H13NO2.2C6H13NO.C6H12.2C5H9N3.2C5H11NO2.2C5H11NO.C5H10O3.2C5H10O2.C4H8O3.C4H8O2.C4H10O/c1-3-7(4-2)5-6-7;1-5-8(4)6(9)7(2)3;2*1-4-7(3)6(8)9-5-2;2*1-4-6(8)7(3)5-2;1-3-6(2)4-5-6;1-3-5-4-8(2)7-6-5;1-3-8-4-5(2)6-7-8;1-4-6(2)5(7)8-3;1-4-8-5(7)6(2)3;2*1-4-5(7)6(2)3;1-3-7-5(6)8-4-2;2*1-3-5(6)7-4-2;1-3-7-4(5)6-2;1-3-4(5)6-2;1-3-5-4-2/h3-6H2,1-2H3;5H2,1-4H3;2*4-5H2,1-3H3;2*4-5H2,1-3H3;3-5H2,1-2H3;2*4H,3H2,1-2H3;2*4H2,1-3H3;2*4H2,1-3H3;3-4H2,1-2H3;2*3-4H2,1-2H3;3H2,1-2H3;3H2,1-2H3;3-4H2,1-2H3. The molecule has 142 heavy (non-hydrogen) atoms. The lowest BCUT2D eigenvalue weighted by Crippen LogP contribution is -2.35. The highest BCUT2D eigenvalue weighted by Gasteiger charge is 2.38. The van der Waals surface area contributed by atoms with Crippen molar-refractivity contribution in [3.05, 3.63) is 23.8 Å². The average molecular weight is 2050 g/mol. The van der Waals surface area contributed by atoms with Crippen LogP contribution in [0.2, 0.25) is 0 Å². The molecule has 2 aromatic rings. The quantitative estimate of drug-likeness (QED) is 0.0564. The Morgan fingerprint density at radius 3 is 0.746 bits per heavy atom. The predicted octanol–water partition coefficient (Wildman–Crippen LogP) is 18.2. The monoisotopic (exact) mass is 2050 g/mol. The molecule has 42 heteroatoms. The summed E-state index contributed by atoms with van der Waals surface area (Å²) in [7, 11) is 30.2. The van der Waals surface area contributed by atoms with E-state index in [1.807, 2.05) is 130 Å². The van der Waals surface area contributed by atoms with Gasteiger partial charge in [-0.25, -0.2) is 33.6 Å². The van der Waals surface area contributed by atoms with Gasteiger partial charge in [-0.15, -0.1) is 10.2 Å². The Morgan fingerprint density at radius 1 is 0.317 bits per heavy atom. The number of urea groups is 1. The normalized spacial score (nSPS) is 10.2. The fourth-order valence-corrected chi connectivity index (χ4v) is 7.40. The van der Waals surface area contributed by atoms with Crippen LogP contribution < -0.4 is 0 Å². The largest absolute Gasteiger partial charge is 0.508 e. The SMILES string of the molecule is CCC(=O)N(C)C.CCC(=O)N(C)C.CCC(=O)N(C)CC.CCC(=O)N(C)CC.CCC(=O)OC.CCC1(C)CC1.CCC1(CC)CC1.CCN(C)C(=O)N(C)C.CCN(C)C(=O)OC.CCOC(=O)CC.CCOC(=O)CC.CCOC(=O)N(C)C.CCOC(=O)N(C)CC.CCOC(=O)N(C)CC.CCOC(=O)OC.CCOC(=O)OCC.CCOCC.CCc1cn(C)nn1.CCn1cc(C)nn1. The molecule has 0 saturated heterocycles. The Bertz CT molecular complexity index is 3060. The van der Waals surface area contributed by atoms with Crippen molar-refractivity contribution in [2.45, 2.75) is 311 Å². The molecule has 4 rings (SSSR count). The van der Waals surface area contributed by atoms with E-state index in [1.165, 1.54) is 85.9 Å². The van der Waals surface area contributed by atoms with Gasteiger partial charge in [0.15, 0.2) is 0 Å². The number of carbonyl (C=O) groups excluding carboxylic acids is 14. The Labute approximate surface area is 860 Å². The fraction of sp³-hybridized carbons (Fsp3) is 0.820. The average Bonchev–Trinajstić information content (AvgIpc) is 1.70. The van der Waals surface area contributed by atoms with Gasteiger partial charge < -0.3 is 106 Å². The third-order valence-corrected chi connectivity index (χ3v) is 18.4. The number of amides is 10. The molecule has 0 radical (unpaired) electrons. The predicted molar refractivity (Wildman–Crippen MR) is 566 cm³/mol. The van der Waals surface area contributed by atoms with E-state index in [1.54, 1.807) is 199 Å². The van der Waals surface area contributed by atoms with E-state index in [4.69, 9.17) is 4.74 Å². The van der Waals surface area contributed by atoms with Gasteiger partial charge in [-0.05, 0) is 168 Å². The third kappa shape index (κ3) is 129. The number of aromatic nitrogens is 6. The maximum atomic E-state index is 10.9. The van der Waals surface area contributed by atoms with Crippen molar-refractivity contribution in [2.75, 3.05) is 225 Å². The van der Waals surface area contributed by atoms with E-state index < -0.39 is 12.3 Å². The number of esters is 3. The number of carbonyl (C=O) groups is 14. The van der Waals surface area contributed by atoms with Crippen molar-refractivity contribution in [1.29, 1.82) is 0 Å². The van der Waals surface area contributed by atoms with Crippen LogP contribution in [0.3, 0.4) is 0 Å². The van der Waals surface area contributed by atoms with Gasteiger partial charge in [0.25, 0.3) is 0 Å². The second-order valence-electron chi connectivity index (χ2n) is 30.4. The molecule has 0 N–H and O–H groups in total. The number of hydrogen-bond acceptors (Lipinski definition) is 30. The zero-order valence-corrected chi connectivity index (χ0v) is 98.6. The molecule has 10 amide bonds. The summed E-state index contributed by atoms with van der Waals surface area (Å²) in [5, 5.41) is 15.2. The summed E-state index contributed by atoms with van der Waals surface area (Å²) in [5.74, 6) is 0.389. The molecule has 2 saturated carbocycles. The van der Waals surface area contributed by atoms with Crippen molar-refractivity contribution in [3.63, 3.8) is 0 Å². The minimum atomic E-state index is -0.623. The van der Waals surface area contributed by atoms with Crippen molar-refractivity contribution in [1.82, 2.24) is 79.0 Å². The van der Waals surface area contributed by atoms with Crippen molar-refractivity contribution in [2.24, 2.45) is 17.9 Å². The molecule has 2 heterocycles. The number of rotatable bonds is 28. The highest BCUT2D eigenvalue weighted by molar-refractivity contribution is 5.77. The molecule has 0 spiro atoms. The minimum Gasteiger partial charge on any atom is -0.469 e. The third-order valence-electron chi connectivity index (χ3n) is 18.4. The summed E-state index contributed by atoms with van der Waals surface area (Å²) in [6.07, 6.45) is 16.5. The molecule has 0 aromatic carbocycles. The lowest BCUT2D eigenvalue weighted by atomic mass is 10.0. The molecule has 42 nitrogen and oxygen atoms in total. The maximum Gasteiger partial charge on any atom is 0.508 e. The number of aryl methyl sites for hydroxylation is 4. The first-order valence-corrected chi connectivity index (χ1v) is 49.8. The molecule has 0 atom stereocenters. The first kappa shape index (κ1) is 165. The zero-order valence-electron chi connectivity index (χ0n) is 98.6. The maximum absolute atomic E-state index is 10.9. The molecule has 0 bridgehead atoms. The Balaban J connectivity index is -0.0000000923. The van der Waals surface area contributed by atoms with Crippen LogP contribution in [0.5, 0.6) is 0 Å². The van der Waals surface area contributed by atoms with E-state index in [9.17, 15) is 67.1 Å². The molecule has 846 valence electrons. The number of methoxy groups -OCH3 is 3. The minimum absolute atomic E-state index is 0.0532. The zero-order chi connectivity index (χ0) is 115. The van der Waals surface area contributed by atoms with E-state index in [0.29, 0.717) is 117 Å². The van der Waals surface area contributed by atoms with E-state index in [0.717, 1.165) is 68.0 Å². The van der Waals surface area contributed by atoms with E-state index >= 15 is 0 Å². The van der Waals surface area contributed by atoms with Gasteiger partial charge in [0.05, 0.1) is 85.6 Å². The van der Waals surface area contributed by atoms with Crippen LogP contribution in [0.25, 0.3) is 0 Å². The molecule has 0 unspecified atom stereocenters. The van der Waals surface area contributed by atoms with Crippen LogP contribution in [0.4, 0.5) is 33.6 Å². The molecule has 2 aliphatic carbocycles. The Kier molecular flexibility index (Phi) is 138. The van der Waals surface area contributed by atoms with Gasteiger partial charge >= 0.3 is 60.6 Å². The van der Waals surface area contributed by atoms with Crippen LogP contribution in [0, 0.1) is 17.8 Å².